The molecule has 1 heterocycles. The monoisotopic (exact) mass is 276 g/mol. The first-order valence-corrected chi connectivity index (χ1v) is 6.54. The van der Waals surface area contributed by atoms with Crippen LogP contribution in [-0.2, 0) is 9.53 Å². The summed E-state index contributed by atoms with van der Waals surface area (Å²) >= 11 is 0. The molecule has 1 aromatic carbocycles. The van der Waals surface area contributed by atoms with Crippen LogP contribution in [0.5, 0.6) is 0 Å². The smallest absolute Gasteiger partial charge is 0.260 e. The van der Waals surface area contributed by atoms with Gasteiger partial charge in [-0.2, -0.15) is 0 Å². The van der Waals surface area contributed by atoms with Crippen LogP contribution in [0.4, 0.5) is 11.4 Å². The molecule has 1 unspecified atom stereocenters. The maximum absolute atomic E-state index is 11.8. The lowest BCUT2D eigenvalue weighted by Crippen LogP contribution is -2.27. The first kappa shape index (κ1) is 14.6. The average molecular weight is 276 g/mol. The number of fused-ring (bicyclic) bond motifs is 1. The number of amides is 1. The Labute approximate surface area is 119 Å². The maximum Gasteiger partial charge on any atom is 0.260 e. The normalized spacial score (nSPS) is 17.2. The standard InChI is InChI=1S/C15H20N2O3/c1-4-7-17(8-9-20-3)11-5-6-12-13(10-11)16(2)15(19)14(12)18/h4-6,10,14,18H,1,7-9H2,2-3H3. The molecule has 0 saturated carbocycles. The van der Waals surface area contributed by atoms with E-state index >= 15 is 0 Å². The fourth-order valence-corrected chi connectivity index (χ4v) is 2.37. The van der Waals surface area contributed by atoms with E-state index in [9.17, 15) is 9.90 Å². The Morgan fingerprint density at radius 3 is 2.95 bits per heavy atom. The largest absolute Gasteiger partial charge is 0.383 e. The number of benzene rings is 1. The second-order valence-corrected chi connectivity index (χ2v) is 4.77. The summed E-state index contributed by atoms with van der Waals surface area (Å²) in [5.41, 5.74) is 2.40. The van der Waals surface area contributed by atoms with Crippen molar-refractivity contribution in [2.24, 2.45) is 0 Å². The maximum atomic E-state index is 11.8. The molecule has 1 atom stereocenters. The summed E-state index contributed by atoms with van der Waals surface area (Å²) in [5, 5.41) is 9.85. The highest BCUT2D eigenvalue weighted by Crippen LogP contribution is 2.37. The van der Waals surface area contributed by atoms with Crippen LogP contribution >= 0.6 is 0 Å². The number of nitrogens with zero attached hydrogens (tertiary/aromatic N) is 2. The molecule has 108 valence electrons. The Kier molecular flexibility index (Phi) is 4.42. The van der Waals surface area contributed by atoms with Crippen LogP contribution in [0.2, 0.25) is 0 Å². The van der Waals surface area contributed by atoms with E-state index in [0.29, 0.717) is 18.7 Å². The third-order valence-electron chi connectivity index (χ3n) is 3.51. The van der Waals surface area contributed by atoms with E-state index in [4.69, 9.17) is 4.74 Å². The number of rotatable bonds is 6. The van der Waals surface area contributed by atoms with Gasteiger partial charge in [-0.25, -0.2) is 0 Å². The Balaban J connectivity index is 2.30. The summed E-state index contributed by atoms with van der Waals surface area (Å²) < 4.78 is 5.11. The van der Waals surface area contributed by atoms with E-state index in [-0.39, 0.29) is 5.91 Å². The lowest BCUT2D eigenvalue weighted by atomic mass is 10.1. The molecule has 0 spiro atoms. The van der Waals surface area contributed by atoms with Gasteiger partial charge in [0, 0.05) is 38.5 Å². The van der Waals surface area contributed by atoms with Crippen LogP contribution in [0.25, 0.3) is 0 Å². The van der Waals surface area contributed by atoms with Crippen LogP contribution in [-0.4, -0.2) is 44.9 Å². The van der Waals surface area contributed by atoms with Crippen molar-refractivity contribution in [1.29, 1.82) is 0 Å². The van der Waals surface area contributed by atoms with Gasteiger partial charge in [-0.3, -0.25) is 4.79 Å². The zero-order chi connectivity index (χ0) is 14.7. The molecule has 20 heavy (non-hydrogen) atoms. The van der Waals surface area contributed by atoms with Crippen molar-refractivity contribution in [2.45, 2.75) is 6.10 Å². The van der Waals surface area contributed by atoms with Crippen LogP contribution in [0.3, 0.4) is 0 Å². The summed E-state index contributed by atoms with van der Waals surface area (Å²) in [6.07, 6.45) is 0.781. The number of likely N-dealkylation sites (N-methyl/N-ethyl adjacent to an activating group) is 1. The number of carbonyl (C=O) groups is 1. The number of methoxy groups -OCH3 is 1. The Bertz CT molecular complexity index is 516. The quantitative estimate of drug-likeness (QED) is 0.797. The van der Waals surface area contributed by atoms with E-state index in [1.54, 1.807) is 20.2 Å². The van der Waals surface area contributed by atoms with Crippen molar-refractivity contribution in [3.05, 3.63) is 36.4 Å². The third-order valence-corrected chi connectivity index (χ3v) is 3.51. The van der Waals surface area contributed by atoms with Crippen LogP contribution in [0.15, 0.2) is 30.9 Å². The Morgan fingerprint density at radius 2 is 2.30 bits per heavy atom. The predicted molar refractivity (Wildman–Crippen MR) is 79.1 cm³/mol. The van der Waals surface area contributed by atoms with Gasteiger partial charge in [0.2, 0.25) is 0 Å². The molecular weight excluding hydrogens is 256 g/mol. The molecule has 1 aliphatic rings. The molecule has 0 fully saturated rings. The molecule has 1 aromatic rings. The molecule has 0 aromatic heterocycles. The topological polar surface area (TPSA) is 53.0 Å². The molecule has 1 N–H and O–H groups in total. The molecule has 0 bridgehead atoms. The summed E-state index contributed by atoms with van der Waals surface area (Å²) in [5.74, 6) is -0.288. The van der Waals surface area contributed by atoms with E-state index < -0.39 is 6.10 Å². The minimum atomic E-state index is -1.05. The lowest BCUT2D eigenvalue weighted by molar-refractivity contribution is -0.125. The Morgan fingerprint density at radius 1 is 1.55 bits per heavy atom. The van der Waals surface area contributed by atoms with Gasteiger partial charge < -0.3 is 19.6 Å². The van der Waals surface area contributed by atoms with Gasteiger partial charge in [-0.05, 0) is 12.1 Å². The van der Waals surface area contributed by atoms with Gasteiger partial charge in [0.1, 0.15) is 0 Å². The number of aliphatic hydroxyl groups is 1. The van der Waals surface area contributed by atoms with Crippen molar-refractivity contribution in [3.8, 4) is 0 Å². The van der Waals surface area contributed by atoms with Gasteiger partial charge >= 0.3 is 0 Å². The number of hydrogen-bond acceptors (Lipinski definition) is 4. The molecule has 5 heteroatoms. The average Bonchev–Trinajstić information content (AvgIpc) is 2.68. The summed E-state index contributed by atoms with van der Waals surface area (Å²) in [4.78, 5) is 15.4. The van der Waals surface area contributed by atoms with Gasteiger partial charge in [0.15, 0.2) is 6.10 Å². The number of ether oxygens (including phenoxy) is 1. The highest BCUT2D eigenvalue weighted by Gasteiger charge is 2.33. The number of hydrogen-bond donors (Lipinski definition) is 1. The molecule has 0 saturated heterocycles. The van der Waals surface area contributed by atoms with E-state index in [0.717, 1.165) is 17.9 Å². The van der Waals surface area contributed by atoms with Crippen molar-refractivity contribution in [1.82, 2.24) is 0 Å². The lowest BCUT2D eigenvalue weighted by Gasteiger charge is -2.24. The van der Waals surface area contributed by atoms with E-state index in [2.05, 4.69) is 11.5 Å². The summed E-state index contributed by atoms with van der Waals surface area (Å²) in [7, 11) is 3.34. The van der Waals surface area contributed by atoms with E-state index in [1.807, 2.05) is 18.2 Å². The van der Waals surface area contributed by atoms with Crippen LogP contribution < -0.4 is 9.80 Å². The third kappa shape index (κ3) is 2.55. The summed E-state index contributed by atoms with van der Waals surface area (Å²) in [6.45, 7) is 5.81. The highest BCUT2D eigenvalue weighted by molar-refractivity contribution is 6.03. The summed E-state index contributed by atoms with van der Waals surface area (Å²) in [6, 6.07) is 5.63. The predicted octanol–water partition coefficient (Wildman–Crippen LogP) is 1.34. The van der Waals surface area contributed by atoms with Gasteiger partial charge in [-0.1, -0.05) is 12.1 Å². The number of aliphatic hydroxyl groups excluding tert-OH is 1. The van der Waals surface area contributed by atoms with Gasteiger partial charge in [0.05, 0.1) is 12.3 Å². The van der Waals surface area contributed by atoms with Gasteiger partial charge in [0.25, 0.3) is 5.91 Å². The van der Waals surface area contributed by atoms with E-state index in [1.165, 1.54) is 4.90 Å². The zero-order valence-electron chi connectivity index (χ0n) is 11.9. The Hall–Kier alpha value is -1.85. The molecule has 2 rings (SSSR count). The fourth-order valence-electron chi connectivity index (χ4n) is 2.37. The second kappa shape index (κ2) is 6.07. The highest BCUT2D eigenvalue weighted by atomic mass is 16.5. The molecule has 1 aliphatic heterocycles. The molecule has 1 amide bonds. The molecule has 0 radical (unpaired) electrons. The first-order chi connectivity index (χ1) is 9.60. The van der Waals surface area contributed by atoms with Crippen molar-refractivity contribution in [3.63, 3.8) is 0 Å². The van der Waals surface area contributed by atoms with Crippen LogP contribution in [0.1, 0.15) is 11.7 Å². The van der Waals surface area contributed by atoms with Crippen molar-refractivity contribution < 1.29 is 14.6 Å². The molecule has 5 nitrogen and oxygen atoms in total. The van der Waals surface area contributed by atoms with Crippen molar-refractivity contribution >= 4 is 17.3 Å². The second-order valence-electron chi connectivity index (χ2n) is 4.77. The van der Waals surface area contributed by atoms with Crippen LogP contribution in [0, 0.1) is 0 Å². The number of anilines is 2. The number of carbonyl (C=O) groups excluding carboxylic acids is 1. The minimum Gasteiger partial charge on any atom is -0.383 e. The minimum absolute atomic E-state index is 0.288. The SMILES string of the molecule is C=CCN(CCOC)c1ccc2c(c1)N(C)C(=O)C2O. The van der Waals surface area contributed by atoms with Gasteiger partial charge in [-0.15, -0.1) is 6.58 Å². The fraction of sp³-hybridized carbons (Fsp3) is 0.400. The zero-order valence-corrected chi connectivity index (χ0v) is 11.9. The molecular formula is C15H20N2O3. The first-order valence-electron chi connectivity index (χ1n) is 6.54. The van der Waals surface area contributed by atoms with Crippen molar-refractivity contribution in [2.75, 3.05) is 43.7 Å². The molecule has 0 aliphatic carbocycles.